The van der Waals surface area contributed by atoms with Gasteiger partial charge in [0, 0.05) is 18.8 Å². The average Bonchev–Trinajstić information content (AvgIpc) is 2.30. The van der Waals surface area contributed by atoms with Gasteiger partial charge in [0.05, 0.1) is 25.9 Å². The molecule has 0 aliphatic carbocycles. The van der Waals surface area contributed by atoms with Crippen molar-refractivity contribution in [2.75, 3.05) is 19.8 Å². The van der Waals surface area contributed by atoms with Crippen LogP contribution >= 0.6 is 0 Å². The summed E-state index contributed by atoms with van der Waals surface area (Å²) in [6.07, 6.45) is 3.09. The fourth-order valence-corrected chi connectivity index (χ4v) is 2.53. The van der Waals surface area contributed by atoms with E-state index in [1.165, 1.54) is 0 Å². The summed E-state index contributed by atoms with van der Waals surface area (Å²) in [7, 11) is 0. The first-order valence-corrected chi connectivity index (χ1v) is 6.26. The zero-order valence-electron chi connectivity index (χ0n) is 9.89. The van der Waals surface area contributed by atoms with Crippen LogP contribution < -0.4 is 0 Å². The predicted octanol–water partition coefficient (Wildman–Crippen LogP) is 0.909. The van der Waals surface area contributed by atoms with E-state index in [0.29, 0.717) is 18.9 Å². The van der Waals surface area contributed by atoms with Crippen molar-refractivity contribution in [3.63, 3.8) is 0 Å². The van der Waals surface area contributed by atoms with Crippen LogP contribution in [0.2, 0.25) is 0 Å². The molecule has 4 nitrogen and oxygen atoms in total. The molecule has 2 fully saturated rings. The van der Waals surface area contributed by atoms with Gasteiger partial charge >= 0.3 is 0 Å². The van der Waals surface area contributed by atoms with E-state index < -0.39 is 11.9 Å². The van der Waals surface area contributed by atoms with E-state index in [1.807, 2.05) is 0 Å². The Kier molecular flexibility index (Phi) is 3.85. The molecule has 0 bridgehead atoms. The second-order valence-corrected chi connectivity index (χ2v) is 5.06. The normalized spacial score (nSPS) is 44.8. The van der Waals surface area contributed by atoms with Crippen molar-refractivity contribution >= 4 is 0 Å². The Hall–Kier alpha value is -0.160. The molecule has 0 unspecified atom stereocenters. The van der Waals surface area contributed by atoms with Gasteiger partial charge in [0.1, 0.15) is 0 Å². The lowest BCUT2D eigenvalue weighted by Crippen LogP contribution is -2.51. The topological polar surface area (TPSA) is 58.9 Å². The summed E-state index contributed by atoms with van der Waals surface area (Å²) >= 11 is 0. The fraction of sp³-hybridized carbons (Fsp3) is 1.00. The molecule has 2 aliphatic rings. The molecule has 16 heavy (non-hydrogen) atoms. The Balaban J connectivity index is 1.91. The molecule has 4 heteroatoms. The second kappa shape index (κ2) is 5.00. The quantitative estimate of drug-likeness (QED) is 0.740. The monoisotopic (exact) mass is 230 g/mol. The van der Waals surface area contributed by atoms with Crippen molar-refractivity contribution in [2.24, 2.45) is 11.8 Å². The third-order valence-electron chi connectivity index (χ3n) is 3.95. The summed E-state index contributed by atoms with van der Waals surface area (Å²) in [6.45, 7) is 3.28. The lowest BCUT2D eigenvalue weighted by Gasteiger charge is -2.45. The smallest absolute Gasteiger partial charge is 0.170 e. The van der Waals surface area contributed by atoms with Crippen LogP contribution in [0.1, 0.15) is 32.6 Å². The maximum absolute atomic E-state index is 9.89. The summed E-state index contributed by atoms with van der Waals surface area (Å²) in [4.78, 5) is 0. The van der Waals surface area contributed by atoms with E-state index in [9.17, 15) is 5.11 Å². The van der Waals surface area contributed by atoms with Crippen LogP contribution in [-0.2, 0) is 9.47 Å². The van der Waals surface area contributed by atoms with Crippen LogP contribution in [0, 0.1) is 11.8 Å². The average molecular weight is 230 g/mol. The van der Waals surface area contributed by atoms with Gasteiger partial charge in [0.2, 0.25) is 0 Å². The van der Waals surface area contributed by atoms with Crippen molar-refractivity contribution in [2.45, 2.75) is 44.5 Å². The minimum Gasteiger partial charge on any atom is -0.396 e. The molecule has 2 saturated heterocycles. The van der Waals surface area contributed by atoms with Gasteiger partial charge in [-0.3, -0.25) is 0 Å². The highest BCUT2D eigenvalue weighted by Gasteiger charge is 2.44. The van der Waals surface area contributed by atoms with Crippen molar-refractivity contribution < 1.29 is 19.7 Å². The Morgan fingerprint density at radius 1 is 1.31 bits per heavy atom. The minimum absolute atomic E-state index is 0.0190. The van der Waals surface area contributed by atoms with Gasteiger partial charge in [-0.05, 0) is 12.3 Å². The highest BCUT2D eigenvalue weighted by Crippen LogP contribution is 2.38. The number of rotatable bonds is 2. The molecule has 0 amide bonds. The summed E-state index contributed by atoms with van der Waals surface area (Å²) in [5.41, 5.74) is 0. The van der Waals surface area contributed by atoms with Gasteiger partial charge in [0.25, 0.3) is 0 Å². The third-order valence-corrected chi connectivity index (χ3v) is 3.95. The largest absolute Gasteiger partial charge is 0.396 e. The molecule has 4 atom stereocenters. The van der Waals surface area contributed by atoms with Gasteiger partial charge in [0.15, 0.2) is 5.79 Å². The van der Waals surface area contributed by atoms with Crippen LogP contribution in [0.25, 0.3) is 0 Å². The highest BCUT2D eigenvalue weighted by molar-refractivity contribution is 4.87. The number of hydrogen-bond acceptors (Lipinski definition) is 4. The summed E-state index contributed by atoms with van der Waals surface area (Å²) < 4.78 is 11.5. The maximum Gasteiger partial charge on any atom is 0.170 e. The van der Waals surface area contributed by atoms with Crippen molar-refractivity contribution in [3.05, 3.63) is 0 Å². The number of aliphatic hydroxyl groups excluding tert-OH is 2. The SMILES string of the molecule is CC[C@H]1CC[C@@]2(C[C@@H](O)[C@@H](CO)CO2)OC1. The van der Waals surface area contributed by atoms with Gasteiger partial charge in [-0.25, -0.2) is 0 Å². The third kappa shape index (κ3) is 2.40. The molecule has 0 aromatic rings. The van der Waals surface area contributed by atoms with Crippen molar-refractivity contribution in [3.8, 4) is 0 Å². The Labute approximate surface area is 96.6 Å². The summed E-state index contributed by atoms with van der Waals surface area (Å²) in [5, 5.41) is 18.9. The van der Waals surface area contributed by atoms with Gasteiger partial charge in [-0.15, -0.1) is 0 Å². The maximum atomic E-state index is 9.89. The molecule has 0 saturated carbocycles. The standard InChI is InChI=1S/C12H22O4/c1-2-9-3-4-12(15-7-9)5-11(14)10(6-13)8-16-12/h9-11,13-14H,2-8H2,1H3/t9-,10-,11+,12+/m0/s1. The zero-order valence-corrected chi connectivity index (χ0v) is 9.89. The van der Waals surface area contributed by atoms with E-state index in [0.717, 1.165) is 25.9 Å². The molecular weight excluding hydrogens is 208 g/mol. The first-order chi connectivity index (χ1) is 7.69. The van der Waals surface area contributed by atoms with Crippen LogP contribution in [0.15, 0.2) is 0 Å². The van der Waals surface area contributed by atoms with E-state index >= 15 is 0 Å². The molecule has 1 spiro atoms. The Bertz CT molecular complexity index is 218. The molecule has 94 valence electrons. The van der Waals surface area contributed by atoms with Crippen LogP contribution in [0.5, 0.6) is 0 Å². The first kappa shape index (κ1) is 12.3. The van der Waals surface area contributed by atoms with Crippen LogP contribution in [-0.4, -0.2) is 41.9 Å². The number of hydrogen-bond donors (Lipinski definition) is 2. The summed E-state index contributed by atoms with van der Waals surface area (Å²) in [6, 6.07) is 0. The molecule has 0 radical (unpaired) electrons. The molecular formula is C12H22O4. The van der Waals surface area contributed by atoms with E-state index in [4.69, 9.17) is 14.6 Å². The van der Waals surface area contributed by atoms with Gasteiger partial charge < -0.3 is 19.7 Å². The van der Waals surface area contributed by atoms with Crippen molar-refractivity contribution in [1.29, 1.82) is 0 Å². The van der Waals surface area contributed by atoms with E-state index in [-0.39, 0.29) is 12.5 Å². The number of aliphatic hydroxyl groups is 2. The number of ether oxygens (including phenoxy) is 2. The molecule has 2 heterocycles. The molecule has 2 rings (SSSR count). The lowest BCUT2D eigenvalue weighted by molar-refractivity contribution is -0.307. The minimum atomic E-state index is -0.573. The van der Waals surface area contributed by atoms with Gasteiger partial charge in [-0.1, -0.05) is 13.3 Å². The first-order valence-electron chi connectivity index (χ1n) is 6.26. The van der Waals surface area contributed by atoms with Gasteiger partial charge in [-0.2, -0.15) is 0 Å². The van der Waals surface area contributed by atoms with Crippen LogP contribution in [0.4, 0.5) is 0 Å². The molecule has 0 aromatic carbocycles. The predicted molar refractivity (Wildman–Crippen MR) is 58.8 cm³/mol. The Morgan fingerprint density at radius 3 is 2.56 bits per heavy atom. The molecule has 0 aromatic heterocycles. The molecule has 2 aliphatic heterocycles. The van der Waals surface area contributed by atoms with Crippen LogP contribution in [0.3, 0.4) is 0 Å². The molecule has 2 N–H and O–H groups in total. The zero-order chi connectivity index (χ0) is 11.6. The Morgan fingerprint density at radius 2 is 2.06 bits per heavy atom. The van der Waals surface area contributed by atoms with E-state index in [1.54, 1.807) is 0 Å². The highest BCUT2D eigenvalue weighted by atomic mass is 16.7. The second-order valence-electron chi connectivity index (χ2n) is 5.06. The summed E-state index contributed by atoms with van der Waals surface area (Å²) in [5.74, 6) is -0.100. The lowest BCUT2D eigenvalue weighted by atomic mass is 9.86. The van der Waals surface area contributed by atoms with E-state index in [2.05, 4.69) is 6.92 Å². The van der Waals surface area contributed by atoms with Crippen molar-refractivity contribution in [1.82, 2.24) is 0 Å². The fourth-order valence-electron chi connectivity index (χ4n) is 2.53.